The zero-order valence-electron chi connectivity index (χ0n) is 13.4. The van der Waals surface area contributed by atoms with Gasteiger partial charge in [-0.25, -0.2) is 0 Å². The molecule has 0 aromatic heterocycles. The first kappa shape index (κ1) is 17.4. The number of rotatable bonds is 3. The topological polar surface area (TPSA) is 50.4 Å². The molecular formula is C19H15BrN2O2S. The third-order valence-corrected chi connectivity index (χ3v) is 4.47. The quantitative estimate of drug-likeness (QED) is 0.607. The molecule has 6 heteroatoms. The van der Waals surface area contributed by atoms with Crippen LogP contribution in [0.25, 0.3) is 10.8 Å². The van der Waals surface area contributed by atoms with Crippen molar-refractivity contribution in [3.8, 4) is 5.75 Å². The molecular weight excluding hydrogens is 400 g/mol. The Morgan fingerprint density at radius 1 is 1.04 bits per heavy atom. The molecule has 0 heterocycles. The Hall–Kier alpha value is -2.44. The van der Waals surface area contributed by atoms with Crippen molar-refractivity contribution in [2.45, 2.75) is 0 Å². The van der Waals surface area contributed by atoms with Crippen LogP contribution in [-0.4, -0.2) is 18.1 Å². The first-order valence-corrected chi connectivity index (χ1v) is 8.71. The largest absolute Gasteiger partial charge is 0.496 e. The Balaban J connectivity index is 1.68. The van der Waals surface area contributed by atoms with Crippen LogP contribution < -0.4 is 15.4 Å². The van der Waals surface area contributed by atoms with Crippen molar-refractivity contribution in [3.63, 3.8) is 0 Å². The average Bonchev–Trinajstić information content (AvgIpc) is 2.61. The summed E-state index contributed by atoms with van der Waals surface area (Å²) in [5, 5.41) is 8.20. The molecule has 0 unspecified atom stereocenters. The fourth-order valence-electron chi connectivity index (χ4n) is 2.41. The number of carbonyl (C=O) groups excluding carboxylic acids is 1. The summed E-state index contributed by atoms with van der Waals surface area (Å²) in [6.07, 6.45) is 0. The summed E-state index contributed by atoms with van der Waals surface area (Å²) in [5.74, 6) is 0.370. The normalized spacial score (nSPS) is 10.3. The predicted molar refractivity (Wildman–Crippen MR) is 108 cm³/mol. The number of benzene rings is 3. The lowest BCUT2D eigenvalue weighted by Crippen LogP contribution is -2.34. The lowest BCUT2D eigenvalue weighted by molar-refractivity contribution is 0.0977. The SMILES string of the molecule is COc1ccc(C(=O)NC(=S)Nc2ccc3ccccc3c2)cc1Br. The molecule has 3 rings (SSSR count). The van der Waals surface area contributed by atoms with Crippen molar-refractivity contribution < 1.29 is 9.53 Å². The monoisotopic (exact) mass is 414 g/mol. The van der Waals surface area contributed by atoms with Crippen LogP contribution in [0.5, 0.6) is 5.75 Å². The number of fused-ring (bicyclic) bond motifs is 1. The van der Waals surface area contributed by atoms with E-state index in [9.17, 15) is 4.79 Å². The molecule has 0 aliphatic rings. The smallest absolute Gasteiger partial charge is 0.257 e. The molecule has 2 N–H and O–H groups in total. The second kappa shape index (κ2) is 7.63. The first-order valence-electron chi connectivity index (χ1n) is 7.51. The van der Waals surface area contributed by atoms with Crippen molar-refractivity contribution in [2.24, 2.45) is 0 Å². The maximum absolute atomic E-state index is 12.3. The molecule has 1 amide bonds. The number of carbonyl (C=O) groups is 1. The van der Waals surface area contributed by atoms with Gasteiger partial charge in [-0.15, -0.1) is 0 Å². The van der Waals surface area contributed by atoms with Crippen LogP contribution >= 0.6 is 28.1 Å². The molecule has 0 spiro atoms. The highest BCUT2D eigenvalue weighted by molar-refractivity contribution is 9.10. The van der Waals surface area contributed by atoms with Gasteiger partial charge >= 0.3 is 0 Å². The van der Waals surface area contributed by atoms with Gasteiger partial charge in [0, 0.05) is 11.3 Å². The van der Waals surface area contributed by atoms with Gasteiger partial charge in [0.1, 0.15) is 5.75 Å². The second-order valence-corrected chi connectivity index (χ2v) is 6.58. The highest BCUT2D eigenvalue weighted by atomic mass is 79.9. The molecule has 0 aliphatic carbocycles. The summed E-state index contributed by atoms with van der Waals surface area (Å²) in [5.41, 5.74) is 1.30. The fourth-order valence-corrected chi connectivity index (χ4v) is 3.16. The molecule has 0 aliphatic heterocycles. The summed E-state index contributed by atoms with van der Waals surface area (Å²) in [6.45, 7) is 0. The molecule has 3 aromatic carbocycles. The van der Waals surface area contributed by atoms with E-state index in [0.717, 1.165) is 16.5 Å². The minimum atomic E-state index is -0.290. The van der Waals surface area contributed by atoms with Gasteiger partial charge in [-0.05, 0) is 69.3 Å². The fraction of sp³-hybridized carbons (Fsp3) is 0.0526. The van der Waals surface area contributed by atoms with Gasteiger partial charge in [0.15, 0.2) is 5.11 Å². The Labute approximate surface area is 159 Å². The van der Waals surface area contributed by atoms with Gasteiger partial charge in [-0.3, -0.25) is 10.1 Å². The van der Waals surface area contributed by atoms with E-state index in [-0.39, 0.29) is 11.0 Å². The number of ether oxygens (including phenoxy) is 1. The second-order valence-electron chi connectivity index (χ2n) is 5.32. The van der Waals surface area contributed by atoms with Gasteiger partial charge in [0.25, 0.3) is 5.91 Å². The average molecular weight is 415 g/mol. The number of amides is 1. The van der Waals surface area contributed by atoms with Crippen molar-refractivity contribution in [2.75, 3.05) is 12.4 Å². The van der Waals surface area contributed by atoms with Crippen LogP contribution in [0, 0.1) is 0 Å². The van der Waals surface area contributed by atoms with E-state index in [1.807, 2.05) is 42.5 Å². The standard InChI is InChI=1S/C19H15BrN2O2S/c1-24-17-9-7-14(11-16(17)20)18(23)22-19(25)21-15-8-6-12-4-2-3-5-13(12)10-15/h2-11H,1H3,(H2,21,22,23,25). The zero-order chi connectivity index (χ0) is 17.8. The highest BCUT2D eigenvalue weighted by Gasteiger charge is 2.10. The number of thiocarbonyl (C=S) groups is 1. The third kappa shape index (κ3) is 4.15. The van der Waals surface area contributed by atoms with Gasteiger partial charge in [0.2, 0.25) is 0 Å². The molecule has 4 nitrogen and oxygen atoms in total. The Morgan fingerprint density at radius 3 is 2.52 bits per heavy atom. The number of anilines is 1. The highest BCUT2D eigenvalue weighted by Crippen LogP contribution is 2.25. The number of hydrogen-bond acceptors (Lipinski definition) is 3. The minimum absolute atomic E-state index is 0.243. The van der Waals surface area contributed by atoms with E-state index in [4.69, 9.17) is 17.0 Å². The summed E-state index contributed by atoms with van der Waals surface area (Å²) >= 11 is 8.60. The van der Waals surface area contributed by atoms with Crippen LogP contribution in [0.2, 0.25) is 0 Å². The summed E-state index contributed by atoms with van der Waals surface area (Å²) in [6, 6.07) is 19.0. The van der Waals surface area contributed by atoms with Crippen molar-refractivity contribution >= 4 is 55.6 Å². The molecule has 0 saturated carbocycles. The van der Waals surface area contributed by atoms with Crippen LogP contribution in [0.1, 0.15) is 10.4 Å². The number of halogens is 1. The molecule has 0 fully saturated rings. The Morgan fingerprint density at radius 2 is 1.80 bits per heavy atom. The summed E-state index contributed by atoms with van der Waals surface area (Å²) in [7, 11) is 1.57. The van der Waals surface area contributed by atoms with Crippen molar-refractivity contribution in [1.82, 2.24) is 5.32 Å². The summed E-state index contributed by atoms with van der Waals surface area (Å²) < 4.78 is 5.86. The van der Waals surface area contributed by atoms with Gasteiger partial charge in [-0.2, -0.15) is 0 Å². The lowest BCUT2D eigenvalue weighted by atomic mass is 10.1. The third-order valence-electron chi connectivity index (χ3n) is 3.65. The van der Waals surface area contributed by atoms with Gasteiger partial charge in [0.05, 0.1) is 11.6 Å². The Kier molecular flexibility index (Phi) is 5.31. The first-order chi connectivity index (χ1) is 12.1. The molecule has 3 aromatic rings. The van der Waals surface area contributed by atoms with E-state index >= 15 is 0 Å². The van der Waals surface area contributed by atoms with Gasteiger partial charge < -0.3 is 10.1 Å². The zero-order valence-corrected chi connectivity index (χ0v) is 15.8. The van der Waals surface area contributed by atoms with Crippen molar-refractivity contribution in [1.29, 1.82) is 0 Å². The van der Waals surface area contributed by atoms with Crippen LogP contribution in [0.15, 0.2) is 65.1 Å². The number of nitrogens with one attached hydrogen (secondary N) is 2. The molecule has 0 saturated heterocycles. The molecule has 25 heavy (non-hydrogen) atoms. The summed E-state index contributed by atoms with van der Waals surface area (Å²) in [4.78, 5) is 12.3. The van der Waals surface area contributed by atoms with Crippen LogP contribution in [0.3, 0.4) is 0 Å². The minimum Gasteiger partial charge on any atom is -0.496 e. The number of methoxy groups -OCH3 is 1. The van der Waals surface area contributed by atoms with Gasteiger partial charge in [-0.1, -0.05) is 30.3 Å². The lowest BCUT2D eigenvalue weighted by Gasteiger charge is -2.11. The van der Waals surface area contributed by atoms with E-state index in [1.165, 1.54) is 0 Å². The van der Waals surface area contributed by atoms with Crippen molar-refractivity contribution in [3.05, 3.63) is 70.7 Å². The van der Waals surface area contributed by atoms with E-state index in [1.54, 1.807) is 25.3 Å². The molecule has 0 atom stereocenters. The van der Waals surface area contributed by atoms with E-state index in [2.05, 4.69) is 26.6 Å². The van der Waals surface area contributed by atoms with Crippen LogP contribution in [-0.2, 0) is 0 Å². The maximum atomic E-state index is 12.3. The maximum Gasteiger partial charge on any atom is 0.257 e. The van der Waals surface area contributed by atoms with E-state index in [0.29, 0.717) is 15.8 Å². The number of hydrogen-bond donors (Lipinski definition) is 2. The molecule has 0 radical (unpaired) electrons. The Bertz CT molecular complexity index is 959. The molecule has 126 valence electrons. The molecule has 0 bridgehead atoms. The van der Waals surface area contributed by atoms with Crippen LogP contribution in [0.4, 0.5) is 5.69 Å². The predicted octanol–water partition coefficient (Wildman–Crippen LogP) is 4.74. The van der Waals surface area contributed by atoms with E-state index < -0.39 is 0 Å².